The van der Waals surface area contributed by atoms with Gasteiger partial charge in [0.2, 0.25) is 0 Å². The highest BCUT2D eigenvalue weighted by Crippen LogP contribution is 2.31. The molecule has 1 aromatic carbocycles. The van der Waals surface area contributed by atoms with E-state index in [0.717, 1.165) is 18.6 Å². The topological polar surface area (TPSA) is 58.4 Å². The van der Waals surface area contributed by atoms with Crippen LogP contribution in [0.3, 0.4) is 0 Å². The smallest absolute Gasteiger partial charge is 0.294 e. The number of benzene rings is 1. The number of halogens is 2. The summed E-state index contributed by atoms with van der Waals surface area (Å²) in [5.41, 5.74) is -0.0525. The van der Waals surface area contributed by atoms with Crippen LogP contribution in [0.25, 0.3) is 0 Å². The van der Waals surface area contributed by atoms with Crippen LogP contribution in [-0.2, 0) is 0 Å². The largest absolute Gasteiger partial charge is 0.375 e. The van der Waals surface area contributed by atoms with Crippen molar-refractivity contribution in [2.45, 2.75) is 26.3 Å². The van der Waals surface area contributed by atoms with Gasteiger partial charge in [-0.3, -0.25) is 10.1 Å². The van der Waals surface area contributed by atoms with Crippen molar-refractivity contribution in [2.24, 2.45) is 5.92 Å². The van der Waals surface area contributed by atoms with Gasteiger partial charge in [0.05, 0.1) is 9.95 Å². The third-order valence-corrected chi connectivity index (χ3v) is 3.23. The van der Waals surface area contributed by atoms with E-state index >= 15 is 0 Å². The van der Waals surface area contributed by atoms with Gasteiger partial charge in [-0.15, -0.1) is 0 Å². The lowest BCUT2D eigenvalue weighted by atomic mass is 10.0. The van der Waals surface area contributed by atoms with Gasteiger partial charge >= 0.3 is 0 Å². The first kappa shape index (κ1) is 17.7. The first-order chi connectivity index (χ1) is 9.70. The summed E-state index contributed by atoms with van der Waals surface area (Å²) < 4.78 is 13.6. The molecule has 0 saturated carbocycles. The van der Waals surface area contributed by atoms with Crippen LogP contribution in [0.15, 0.2) is 12.1 Å². The first-order valence-corrected chi connectivity index (χ1v) is 7.13. The molecule has 1 unspecified atom stereocenters. The Hall–Kier alpha value is -1.40. The number of likely N-dealkylation sites (N-methyl/N-ethyl adjacent to an activating group) is 1. The minimum atomic E-state index is -0.669. The molecule has 1 atom stereocenters. The summed E-state index contributed by atoms with van der Waals surface area (Å²) in [7, 11) is 3.84. The summed E-state index contributed by atoms with van der Waals surface area (Å²) in [6.07, 6.45) is 0.819. The quantitative estimate of drug-likeness (QED) is 0.614. The van der Waals surface area contributed by atoms with E-state index in [0.29, 0.717) is 12.5 Å². The molecule has 1 rings (SSSR count). The zero-order valence-corrected chi connectivity index (χ0v) is 13.4. The van der Waals surface area contributed by atoms with Crippen molar-refractivity contribution in [3.63, 3.8) is 0 Å². The molecule has 7 heteroatoms. The minimum Gasteiger partial charge on any atom is -0.375 e. The molecule has 0 amide bonds. The molecule has 0 saturated heterocycles. The van der Waals surface area contributed by atoms with Crippen LogP contribution in [0, 0.1) is 21.8 Å². The van der Waals surface area contributed by atoms with Crippen LogP contribution >= 0.6 is 11.6 Å². The molecule has 0 aromatic heterocycles. The van der Waals surface area contributed by atoms with Gasteiger partial charge < -0.3 is 10.2 Å². The van der Waals surface area contributed by atoms with Gasteiger partial charge in [0, 0.05) is 24.7 Å². The number of hydrogen-bond acceptors (Lipinski definition) is 4. The van der Waals surface area contributed by atoms with E-state index in [2.05, 4.69) is 19.2 Å². The minimum absolute atomic E-state index is 0.0146. The molecule has 0 bridgehead atoms. The van der Waals surface area contributed by atoms with Gasteiger partial charge in [-0.2, -0.15) is 0 Å². The zero-order valence-electron chi connectivity index (χ0n) is 12.7. The van der Waals surface area contributed by atoms with Crippen molar-refractivity contribution < 1.29 is 9.31 Å². The Morgan fingerprint density at radius 3 is 2.52 bits per heavy atom. The highest BCUT2D eigenvalue weighted by Gasteiger charge is 2.21. The van der Waals surface area contributed by atoms with E-state index in [1.807, 2.05) is 19.0 Å². The van der Waals surface area contributed by atoms with Gasteiger partial charge in [-0.25, -0.2) is 4.39 Å². The lowest BCUT2D eigenvalue weighted by molar-refractivity contribution is -0.384. The zero-order chi connectivity index (χ0) is 16.2. The highest BCUT2D eigenvalue weighted by molar-refractivity contribution is 6.31. The third kappa shape index (κ3) is 5.47. The summed E-state index contributed by atoms with van der Waals surface area (Å²) in [5, 5.41) is 13.9. The highest BCUT2D eigenvalue weighted by atomic mass is 35.5. The normalized spacial score (nSPS) is 12.8. The van der Waals surface area contributed by atoms with Crippen molar-refractivity contribution >= 4 is 23.0 Å². The van der Waals surface area contributed by atoms with Gasteiger partial charge in [-0.1, -0.05) is 25.4 Å². The first-order valence-electron chi connectivity index (χ1n) is 6.75. The number of rotatable bonds is 7. The van der Waals surface area contributed by atoms with E-state index in [9.17, 15) is 14.5 Å². The van der Waals surface area contributed by atoms with Gasteiger partial charge in [0.25, 0.3) is 5.69 Å². The Morgan fingerprint density at radius 2 is 2.05 bits per heavy atom. The number of anilines is 1. The van der Waals surface area contributed by atoms with Crippen LogP contribution in [0.5, 0.6) is 0 Å². The summed E-state index contributed by atoms with van der Waals surface area (Å²) in [5.74, 6) is -0.253. The maximum atomic E-state index is 13.6. The fraction of sp³-hybridized carbons (Fsp3) is 0.571. The third-order valence-electron chi connectivity index (χ3n) is 2.94. The molecule has 0 aliphatic carbocycles. The molecule has 5 nitrogen and oxygen atoms in total. The summed E-state index contributed by atoms with van der Waals surface area (Å²) >= 11 is 5.62. The molecule has 0 aliphatic heterocycles. The van der Waals surface area contributed by atoms with Crippen molar-refractivity contribution in [2.75, 3.05) is 26.0 Å². The second-order valence-electron chi connectivity index (χ2n) is 5.77. The standard InChI is InChI=1S/C14H21ClFN3O2/c1-9(2)5-10(8-18(3)4)17-13-7-12(16)11(15)6-14(13)19(20)21/h6-7,9-10,17H,5,8H2,1-4H3. The van der Waals surface area contributed by atoms with Crippen molar-refractivity contribution in [3.05, 3.63) is 33.1 Å². The lowest BCUT2D eigenvalue weighted by Gasteiger charge is -2.25. The van der Waals surface area contributed by atoms with Crippen molar-refractivity contribution in [3.8, 4) is 0 Å². The Labute approximate surface area is 129 Å². The average Bonchev–Trinajstić information content (AvgIpc) is 2.31. The van der Waals surface area contributed by atoms with E-state index < -0.39 is 10.7 Å². The molecule has 0 radical (unpaired) electrons. The fourth-order valence-electron chi connectivity index (χ4n) is 2.21. The van der Waals surface area contributed by atoms with Crippen LogP contribution in [0.1, 0.15) is 20.3 Å². The number of nitro groups is 1. The van der Waals surface area contributed by atoms with Crippen LogP contribution in [0.4, 0.5) is 15.8 Å². The molecule has 1 N–H and O–H groups in total. The summed E-state index contributed by atoms with van der Waals surface area (Å²) in [6, 6.07) is 2.12. The van der Waals surface area contributed by atoms with Crippen LogP contribution in [-0.4, -0.2) is 36.5 Å². The second kappa shape index (κ2) is 7.56. The lowest BCUT2D eigenvalue weighted by Crippen LogP contribution is -2.33. The van der Waals surface area contributed by atoms with E-state index in [4.69, 9.17) is 11.6 Å². The monoisotopic (exact) mass is 317 g/mol. The van der Waals surface area contributed by atoms with E-state index in [-0.39, 0.29) is 22.4 Å². The molecular formula is C14H21ClFN3O2. The van der Waals surface area contributed by atoms with Gasteiger partial charge in [0.15, 0.2) is 0 Å². The Kier molecular flexibility index (Phi) is 6.36. The Morgan fingerprint density at radius 1 is 1.43 bits per heavy atom. The van der Waals surface area contributed by atoms with Crippen LogP contribution in [0.2, 0.25) is 5.02 Å². The molecule has 21 heavy (non-hydrogen) atoms. The summed E-state index contributed by atoms with van der Waals surface area (Å²) in [4.78, 5) is 12.5. The second-order valence-corrected chi connectivity index (χ2v) is 6.18. The maximum absolute atomic E-state index is 13.6. The fourth-order valence-corrected chi connectivity index (χ4v) is 2.37. The molecule has 118 valence electrons. The number of nitrogens with one attached hydrogen (secondary N) is 1. The number of hydrogen-bond donors (Lipinski definition) is 1. The molecule has 0 aliphatic rings. The molecule has 0 fully saturated rings. The van der Waals surface area contributed by atoms with Gasteiger partial charge in [0.1, 0.15) is 11.5 Å². The number of nitrogens with zero attached hydrogens (tertiary/aromatic N) is 2. The number of nitro benzene ring substituents is 1. The molecular weight excluding hydrogens is 297 g/mol. The van der Waals surface area contributed by atoms with Crippen LogP contribution < -0.4 is 5.32 Å². The SMILES string of the molecule is CC(C)CC(CN(C)C)Nc1cc(F)c(Cl)cc1[N+](=O)[O-]. The molecule has 1 aromatic rings. The van der Waals surface area contributed by atoms with Crippen molar-refractivity contribution in [1.29, 1.82) is 0 Å². The predicted molar refractivity (Wildman–Crippen MR) is 83.5 cm³/mol. The predicted octanol–water partition coefficient (Wildman–Crippen LogP) is 3.78. The van der Waals surface area contributed by atoms with Crippen molar-refractivity contribution in [1.82, 2.24) is 4.90 Å². The Balaban J connectivity index is 3.06. The average molecular weight is 318 g/mol. The Bertz CT molecular complexity index is 499. The van der Waals surface area contributed by atoms with Gasteiger partial charge in [-0.05, 0) is 26.4 Å². The van der Waals surface area contributed by atoms with E-state index in [1.165, 1.54) is 0 Å². The molecule has 0 heterocycles. The summed E-state index contributed by atoms with van der Waals surface area (Å²) in [6.45, 7) is 4.84. The van der Waals surface area contributed by atoms with E-state index in [1.54, 1.807) is 0 Å². The maximum Gasteiger partial charge on any atom is 0.294 e. The molecule has 0 spiro atoms.